The van der Waals surface area contributed by atoms with Crippen molar-refractivity contribution in [3.63, 3.8) is 0 Å². The molecule has 0 aromatic heterocycles. The third kappa shape index (κ3) is 4.32. The first kappa shape index (κ1) is 23.2. The number of ether oxygens (including phenoxy) is 1. The molecule has 4 nitrogen and oxygen atoms in total. The van der Waals surface area contributed by atoms with Gasteiger partial charge in [-0.25, -0.2) is 0 Å². The minimum atomic E-state index is -0.221. The molecule has 1 heterocycles. The van der Waals surface area contributed by atoms with Crippen LogP contribution in [0.4, 0.5) is 5.69 Å². The summed E-state index contributed by atoms with van der Waals surface area (Å²) in [6.45, 7) is 15.2. The van der Waals surface area contributed by atoms with Gasteiger partial charge in [0.2, 0.25) is 0 Å². The number of rotatable bonds is 4. The first-order valence-corrected chi connectivity index (χ1v) is 11.6. The number of fused-ring (bicyclic) bond motifs is 1. The third-order valence-corrected chi connectivity index (χ3v) is 5.92. The van der Waals surface area contributed by atoms with Gasteiger partial charge in [-0.2, -0.15) is 0 Å². The summed E-state index contributed by atoms with van der Waals surface area (Å²) in [6.07, 6.45) is 0. The molecule has 3 aromatic carbocycles. The molecule has 0 spiro atoms. The summed E-state index contributed by atoms with van der Waals surface area (Å²) >= 11 is 0. The van der Waals surface area contributed by atoms with Crippen LogP contribution in [0.15, 0.2) is 60.7 Å². The summed E-state index contributed by atoms with van der Waals surface area (Å²) in [5.41, 5.74) is 6.25. The topological polar surface area (TPSA) is 33.7 Å². The number of hydrogen-bond acceptors (Lipinski definition) is 4. The van der Waals surface area contributed by atoms with Crippen LogP contribution in [0, 0.1) is 6.92 Å². The lowest BCUT2D eigenvalue weighted by molar-refractivity contribution is -0.129. The van der Waals surface area contributed by atoms with Gasteiger partial charge in [0.05, 0.1) is 18.4 Å². The molecular weight excluding hydrogens is 408 g/mol. The molecule has 0 aliphatic carbocycles. The summed E-state index contributed by atoms with van der Waals surface area (Å²) in [7, 11) is 1.76. The smallest absolute Gasteiger partial charge is 0.160 e. The first-order chi connectivity index (χ1) is 15.5. The van der Waals surface area contributed by atoms with E-state index in [1.54, 1.807) is 7.11 Å². The third-order valence-electron chi connectivity index (χ3n) is 5.92. The molecule has 174 valence electrons. The first-order valence-electron chi connectivity index (χ1n) is 11.6. The maximum atomic E-state index is 6.68. The normalized spacial score (nSPS) is 16.3. The van der Waals surface area contributed by atoms with Crippen LogP contribution in [-0.2, 0) is 0 Å². The molecule has 1 aliphatic heterocycles. The van der Waals surface area contributed by atoms with E-state index in [1.807, 2.05) is 6.07 Å². The van der Waals surface area contributed by atoms with E-state index in [2.05, 4.69) is 113 Å². The number of nitrogens with one attached hydrogen (secondary N) is 1. The number of hydroxylamine groups is 2. The Balaban J connectivity index is 2.08. The van der Waals surface area contributed by atoms with Gasteiger partial charge in [-0.15, -0.1) is 5.06 Å². The molecule has 0 saturated carbocycles. The molecule has 4 heteroatoms. The fourth-order valence-corrected chi connectivity index (χ4v) is 4.62. The molecule has 0 fully saturated rings. The second kappa shape index (κ2) is 8.42. The van der Waals surface area contributed by atoms with Crippen LogP contribution in [0.5, 0.6) is 11.5 Å². The predicted molar refractivity (Wildman–Crippen MR) is 137 cm³/mol. The second-order valence-corrected chi connectivity index (χ2v) is 10.8. The van der Waals surface area contributed by atoms with Crippen molar-refractivity contribution in [3.8, 4) is 22.6 Å². The van der Waals surface area contributed by atoms with Gasteiger partial charge in [0.25, 0.3) is 0 Å². The van der Waals surface area contributed by atoms with E-state index < -0.39 is 0 Å². The van der Waals surface area contributed by atoms with Crippen molar-refractivity contribution in [2.24, 2.45) is 0 Å². The molecule has 4 rings (SSSR count). The average Bonchev–Trinajstić information content (AvgIpc) is 3.16. The van der Waals surface area contributed by atoms with E-state index in [0.29, 0.717) is 0 Å². The van der Waals surface area contributed by atoms with Crippen LogP contribution in [0.25, 0.3) is 11.1 Å². The maximum Gasteiger partial charge on any atom is 0.160 e. The summed E-state index contributed by atoms with van der Waals surface area (Å²) in [5.74, 6) is 1.72. The van der Waals surface area contributed by atoms with Crippen LogP contribution in [0.2, 0.25) is 0 Å². The van der Waals surface area contributed by atoms with E-state index in [1.165, 1.54) is 5.56 Å². The molecule has 3 aromatic rings. The fraction of sp³-hybridized carbons (Fsp3) is 0.379. The number of hydrogen-bond donors (Lipinski definition) is 1. The van der Waals surface area contributed by atoms with Crippen molar-refractivity contribution in [3.05, 3.63) is 77.4 Å². The molecule has 0 radical (unpaired) electrons. The summed E-state index contributed by atoms with van der Waals surface area (Å²) < 4.78 is 6.19. The Morgan fingerprint density at radius 3 is 1.97 bits per heavy atom. The molecule has 1 aliphatic rings. The van der Waals surface area contributed by atoms with Crippen LogP contribution < -0.4 is 14.9 Å². The van der Waals surface area contributed by atoms with Gasteiger partial charge in [0.1, 0.15) is 6.04 Å². The van der Waals surface area contributed by atoms with Gasteiger partial charge in [-0.1, -0.05) is 60.7 Å². The molecule has 33 heavy (non-hydrogen) atoms. The predicted octanol–water partition coefficient (Wildman–Crippen LogP) is 7.38. The standard InChI is InChI=1S/C29H36N2O2/c1-19-22(20-15-11-9-12-16-20)24(30-28(2,3)4)27(32-8)23-25(21-17-13-10-14-18-21)31(29(5,6)7)33-26(19)23/h9-18,25,30H,1-8H3. The molecule has 1 unspecified atom stereocenters. The Labute approximate surface area is 198 Å². The van der Waals surface area contributed by atoms with Crippen molar-refractivity contribution in [2.45, 2.75) is 65.6 Å². The summed E-state index contributed by atoms with van der Waals surface area (Å²) in [6, 6.07) is 21.0. The van der Waals surface area contributed by atoms with Gasteiger partial charge < -0.3 is 14.9 Å². The Bertz CT molecular complexity index is 1130. The monoisotopic (exact) mass is 444 g/mol. The van der Waals surface area contributed by atoms with Gasteiger partial charge in [-0.05, 0) is 59.6 Å². The summed E-state index contributed by atoms with van der Waals surface area (Å²) in [5, 5.41) is 5.87. The number of benzene rings is 3. The van der Waals surface area contributed by atoms with E-state index in [4.69, 9.17) is 9.57 Å². The molecule has 1 atom stereocenters. The van der Waals surface area contributed by atoms with Crippen LogP contribution in [-0.4, -0.2) is 23.3 Å². The largest absolute Gasteiger partial charge is 0.494 e. The molecule has 0 saturated heterocycles. The van der Waals surface area contributed by atoms with E-state index >= 15 is 0 Å². The lowest BCUT2D eigenvalue weighted by atomic mass is 9.88. The molecular formula is C29H36N2O2. The lowest BCUT2D eigenvalue weighted by Gasteiger charge is -2.35. The van der Waals surface area contributed by atoms with Gasteiger partial charge in [0, 0.05) is 22.2 Å². The van der Waals surface area contributed by atoms with Crippen LogP contribution in [0.1, 0.15) is 64.3 Å². The molecule has 0 amide bonds. The number of anilines is 1. The lowest BCUT2D eigenvalue weighted by Crippen LogP contribution is -2.43. The van der Waals surface area contributed by atoms with Crippen molar-refractivity contribution < 1.29 is 9.57 Å². The van der Waals surface area contributed by atoms with Gasteiger partial charge >= 0.3 is 0 Å². The van der Waals surface area contributed by atoms with E-state index in [-0.39, 0.29) is 17.1 Å². The van der Waals surface area contributed by atoms with Gasteiger partial charge in [-0.3, -0.25) is 0 Å². The van der Waals surface area contributed by atoms with Crippen molar-refractivity contribution in [2.75, 3.05) is 12.4 Å². The minimum absolute atomic E-state index is 0.0832. The van der Waals surface area contributed by atoms with E-state index in [9.17, 15) is 0 Å². The number of methoxy groups -OCH3 is 1. The van der Waals surface area contributed by atoms with Crippen molar-refractivity contribution in [1.29, 1.82) is 0 Å². The number of nitrogens with zero attached hydrogens (tertiary/aromatic N) is 1. The van der Waals surface area contributed by atoms with Crippen molar-refractivity contribution in [1.82, 2.24) is 5.06 Å². The Hall–Kier alpha value is -2.98. The average molecular weight is 445 g/mol. The second-order valence-electron chi connectivity index (χ2n) is 10.8. The Morgan fingerprint density at radius 2 is 1.45 bits per heavy atom. The van der Waals surface area contributed by atoms with Crippen molar-refractivity contribution >= 4 is 5.69 Å². The van der Waals surface area contributed by atoms with Crippen LogP contribution >= 0.6 is 0 Å². The SMILES string of the molecule is COc1c(NC(C)(C)C)c(-c2ccccc2)c(C)c2c1C(c1ccccc1)N(C(C)(C)C)O2. The highest BCUT2D eigenvalue weighted by atomic mass is 16.7. The summed E-state index contributed by atoms with van der Waals surface area (Å²) in [4.78, 5) is 6.68. The maximum absolute atomic E-state index is 6.68. The quantitative estimate of drug-likeness (QED) is 0.455. The zero-order chi connectivity index (χ0) is 24.0. The zero-order valence-corrected chi connectivity index (χ0v) is 21.1. The van der Waals surface area contributed by atoms with Crippen LogP contribution in [0.3, 0.4) is 0 Å². The molecule has 0 bridgehead atoms. The highest BCUT2D eigenvalue weighted by molar-refractivity contribution is 5.90. The Kier molecular flexibility index (Phi) is 5.92. The molecule has 1 N–H and O–H groups in total. The minimum Gasteiger partial charge on any atom is -0.494 e. The van der Waals surface area contributed by atoms with Gasteiger partial charge in [0.15, 0.2) is 11.5 Å². The zero-order valence-electron chi connectivity index (χ0n) is 21.1. The van der Waals surface area contributed by atoms with E-state index in [0.717, 1.165) is 39.4 Å². The highest BCUT2D eigenvalue weighted by Gasteiger charge is 2.45. The Morgan fingerprint density at radius 1 is 0.879 bits per heavy atom. The highest BCUT2D eigenvalue weighted by Crippen LogP contribution is 2.56. The fourth-order valence-electron chi connectivity index (χ4n) is 4.62.